The van der Waals surface area contributed by atoms with Gasteiger partial charge in [0.05, 0.1) is 6.10 Å². The second kappa shape index (κ2) is 6.11. The highest BCUT2D eigenvalue weighted by Crippen LogP contribution is 2.20. The van der Waals surface area contributed by atoms with E-state index >= 15 is 0 Å². The Morgan fingerprint density at radius 3 is 2.67 bits per heavy atom. The van der Waals surface area contributed by atoms with Crippen LogP contribution in [0.5, 0.6) is 0 Å². The van der Waals surface area contributed by atoms with E-state index in [0.717, 1.165) is 17.5 Å². The van der Waals surface area contributed by atoms with E-state index in [9.17, 15) is 10.2 Å². The maximum absolute atomic E-state index is 9.83. The van der Waals surface area contributed by atoms with Gasteiger partial charge in [-0.05, 0) is 24.0 Å². The molecule has 2 unspecified atom stereocenters. The highest BCUT2D eigenvalue weighted by molar-refractivity contribution is 6.17. The molecule has 0 aliphatic rings. The van der Waals surface area contributed by atoms with Gasteiger partial charge >= 0.3 is 0 Å². The van der Waals surface area contributed by atoms with E-state index in [1.807, 2.05) is 24.3 Å². The number of benzene rings is 1. The number of aliphatic hydroxyl groups is 2. The normalized spacial score (nSPS) is 14.9. The highest BCUT2D eigenvalue weighted by atomic mass is 35.5. The van der Waals surface area contributed by atoms with Crippen molar-refractivity contribution in [1.29, 1.82) is 0 Å². The minimum absolute atomic E-state index is 0.353. The molecule has 15 heavy (non-hydrogen) atoms. The fraction of sp³-hybridized carbons (Fsp3) is 0.500. The lowest BCUT2D eigenvalue weighted by Crippen LogP contribution is -2.18. The van der Waals surface area contributed by atoms with Crippen molar-refractivity contribution < 1.29 is 10.2 Å². The molecule has 3 heteroatoms. The van der Waals surface area contributed by atoms with Gasteiger partial charge in [-0.2, -0.15) is 0 Å². The number of aryl methyl sites for hydroxylation is 1. The van der Waals surface area contributed by atoms with Crippen molar-refractivity contribution >= 4 is 11.6 Å². The summed E-state index contributed by atoms with van der Waals surface area (Å²) in [4.78, 5) is 0. The number of hydrogen-bond donors (Lipinski definition) is 2. The van der Waals surface area contributed by atoms with Gasteiger partial charge in [-0.25, -0.2) is 0 Å². The lowest BCUT2D eigenvalue weighted by atomic mass is 10.00. The summed E-state index contributed by atoms with van der Waals surface area (Å²) in [6.45, 7) is 2.06. The molecular formula is C12H17ClO2. The smallest absolute Gasteiger partial charge is 0.105 e. The summed E-state index contributed by atoms with van der Waals surface area (Å²) in [5, 5.41) is 19.4. The number of alkyl halides is 1. The number of halogens is 1. The summed E-state index contributed by atoms with van der Waals surface area (Å²) in [5.41, 5.74) is 1.91. The van der Waals surface area contributed by atoms with Crippen LogP contribution in [0, 0.1) is 0 Å². The van der Waals surface area contributed by atoms with E-state index in [1.165, 1.54) is 0 Å². The van der Waals surface area contributed by atoms with Crippen LogP contribution < -0.4 is 0 Å². The lowest BCUT2D eigenvalue weighted by molar-refractivity contribution is 0.0169. The first-order valence-corrected chi connectivity index (χ1v) is 5.73. The summed E-state index contributed by atoms with van der Waals surface area (Å²) >= 11 is 5.52. The van der Waals surface area contributed by atoms with E-state index < -0.39 is 12.2 Å². The highest BCUT2D eigenvalue weighted by Gasteiger charge is 2.17. The zero-order chi connectivity index (χ0) is 11.3. The molecule has 0 fully saturated rings. The lowest BCUT2D eigenvalue weighted by Gasteiger charge is -2.17. The summed E-state index contributed by atoms with van der Waals surface area (Å²) in [6.07, 6.45) is -0.296. The molecule has 0 heterocycles. The van der Waals surface area contributed by atoms with Crippen LogP contribution in [0.1, 0.15) is 30.6 Å². The van der Waals surface area contributed by atoms with Crippen molar-refractivity contribution in [2.45, 2.75) is 32.0 Å². The largest absolute Gasteiger partial charge is 0.390 e. The molecule has 0 bridgehead atoms. The third-order valence-electron chi connectivity index (χ3n) is 2.47. The topological polar surface area (TPSA) is 40.5 Å². The Balaban J connectivity index is 2.76. The van der Waals surface area contributed by atoms with Crippen LogP contribution in [0.25, 0.3) is 0 Å². The molecule has 84 valence electrons. The van der Waals surface area contributed by atoms with Crippen LogP contribution in [0.3, 0.4) is 0 Å². The van der Waals surface area contributed by atoms with Crippen LogP contribution in [0.2, 0.25) is 0 Å². The summed E-state index contributed by atoms with van der Waals surface area (Å²) in [6, 6.07) is 7.64. The molecule has 1 aromatic carbocycles. The third-order valence-corrected chi connectivity index (χ3v) is 2.69. The Labute approximate surface area is 95.5 Å². The second-order valence-corrected chi connectivity index (χ2v) is 3.97. The van der Waals surface area contributed by atoms with Gasteiger partial charge in [0.1, 0.15) is 6.10 Å². The first kappa shape index (κ1) is 12.5. The molecular weight excluding hydrogens is 212 g/mol. The van der Waals surface area contributed by atoms with E-state index in [4.69, 9.17) is 11.6 Å². The van der Waals surface area contributed by atoms with Crippen molar-refractivity contribution in [3.8, 4) is 0 Å². The number of rotatable bonds is 5. The molecule has 2 nitrogen and oxygen atoms in total. The second-order valence-electron chi connectivity index (χ2n) is 3.59. The van der Waals surface area contributed by atoms with Crippen molar-refractivity contribution in [3.63, 3.8) is 0 Å². The molecule has 0 amide bonds. The summed E-state index contributed by atoms with van der Waals surface area (Å²) in [5.74, 6) is 0.353. The molecule has 1 rings (SSSR count). The number of hydrogen-bond acceptors (Lipinski definition) is 2. The first-order chi connectivity index (χ1) is 7.19. The minimum Gasteiger partial charge on any atom is -0.390 e. The van der Waals surface area contributed by atoms with Crippen LogP contribution in [0.15, 0.2) is 24.3 Å². The van der Waals surface area contributed by atoms with Gasteiger partial charge in [-0.1, -0.05) is 31.2 Å². The van der Waals surface area contributed by atoms with Crippen molar-refractivity contribution in [2.24, 2.45) is 0 Å². The van der Waals surface area contributed by atoms with Gasteiger partial charge in [-0.15, -0.1) is 11.6 Å². The average molecular weight is 229 g/mol. The quantitative estimate of drug-likeness (QED) is 0.760. The maximum atomic E-state index is 9.83. The van der Waals surface area contributed by atoms with Crippen LogP contribution in [0.4, 0.5) is 0 Å². The zero-order valence-electron chi connectivity index (χ0n) is 8.86. The Kier molecular flexibility index (Phi) is 5.09. The van der Waals surface area contributed by atoms with Gasteiger partial charge in [0.2, 0.25) is 0 Å². The zero-order valence-corrected chi connectivity index (χ0v) is 9.61. The van der Waals surface area contributed by atoms with Crippen molar-refractivity contribution in [1.82, 2.24) is 0 Å². The molecule has 2 N–H and O–H groups in total. The van der Waals surface area contributed by atoms with Gasteiger partial charge < -0.3 is 10.2 Å². The molecule has 0 aliphatic heterocycles. The SMILES string of the molecule is CCc1cccc(C(O)C(O)CCCl)c1. The molecule has 2 atom stereocenters. The van der Waals surface area contributed by atoms with E-state index in [1.54, 1.807) is 0 Å². The molecule has 0 radical (unpaired) electrons. The van der Waals surface area contributed by atoms with Gasteiger partial charge in [0.25, 0.3) is 0 Å². The van der Waals surface area contributed by atoms with Crippen LogP contribution in [-0.4, -0.2) is 22.2 Å². The summed E-state index contributed by atoms with van der Waals surface area (Å²) < 4.78 is 0. The van der Waals surface area contributed by atoms with Gasteiger partial charge in [0.15, 0.2) is 0 Å². The third kappa shape index (κ3) is 3.49. The Morgan fingerprint density at radius 1 is 1.33 bits per heavy atom. The minimum atomic E-state index is -0.838. The average Bonchev–Trinajstić information content (AvgIpc) is 2.28. The maximum Gasteiger partial charge on any atom is 0.105 e. The van der Waals surface area contributed by atoms with Crippen LogP contribution in [-0.2, 0) is 6.42 Å². The summed E-state index contributed by atoms with van der Waals surface area (Å²) in [7, 11) is 0. The van der Waals surface area contributed by atoms with E-state index in [2.05, 4.69) is 6.92 Å². The molecule has 0 aliphatic carbocycles. The Morgan fingerprint density at radius 2 is 2.07 bits per heavy atom. The van der Waals surface area contributed by atoms with Crippen LogP contribution >= 0.6 is 11.6 Å². The Bertz CT molecular complexity index is 301. The first-order valence-electron chi connectivity index (χ1n) is 5.20. The fourth-order valence-corrected chi connectivity index (χ4v) is 1.71. The molecule has 0 spiro atoms. The number of aliphatic hydroxyl groups excluding tert-OH is 2. The molecule has 0 saturated carbocycles. The van der Waals surface area contributed by atoms with E-state index in [0.29, 0.717) is 12.3 Å². The predicted molar refractivity (Wildman–Crippen MR) is 62.1 cm³/mol. The molecule has 1 aromatic rings. The van der Waals surface area contributed by atoms with Crippen molar-refractivity contribution in [2.75, 3.05) is 5.88 Å². The predicted octanol–water partition coefficient (Wildman–Crippen LogP) is 2.27. The molecule has 0 aromatic heterocycles. The van der Waals surface area contributed by atoms with E-state index in [-0.39, 0.29) is 0 Å². The standard InChI is InChI=1S/C12H17ClO2/c1-2-9-4-3-5-10(8-9)12(15)11(14)6-7-13/h3-5,8,11-12,14-15H,2,6-7H2,1H3. The monoisotopic (exact) mass is 228 g/mol. The fourth-order valence-electron chi connectivity index (χ4n) is 1.49. The van der Waals surface area contributed by atoms with Crippen molar-refractivity contribution in [3.05, 3.63) is 35.4 Å². The van der Waals surface area contributed by atoms with Gasteiger partial charge in [0, 0.05) is 5.88 Å². The Hall–Kier alpha value is -0.570. The molecule has 0 saturated heterocycles. The van der Waals surface area contributed by atoms with Gasteiger partial charge in [-0.3, -0.25) is 0 Å².